The van der Waals surface area contributed by atoms with Crippen molar-refractivity contribution in [3.8, 4) is 11.3 Å². The summed E-state index contributed by atoms with van der Waals surface area (Å²) >= 11 is 1.72. The third-order valence-electron chi connectivity index (χ3n) is 4.18. The van der Waals surface area contributed by atoms with E-state index in [-0.39, 0.29) is 5.91 Å². The molecule has 0 radical (unpaired) electrons. The van der Waals surface area contributed by atoms with Crippen molar-refractivity contribution in [1.82, 2.24) is 10.3 Å². The van der Waals surface area contributed by atoms with E-state index >= 15 is 0 Å². The number of carbonyl (C=O) groups excluding carboxylic acids is 1. The van der Waals surface area contributed by atoms with Gasteiger partial charge in [0, 0.05) is 29.6 Å². The summed E-state index contributed by atoms with van der Waals surface area (Å²) in [5.41, 5.74) is 2.56. The van der Waals surface area contributed by atoms with Crippen LogP contribution in [0.15, 0.2) is 42.6 Å². The first-order valence-electron chi connectivity index (χ1n) is 7.68. The Morgan fingerprint density at radius 1 is 1.35 bits per heavy atom. The van der Waals surface area contributed by atoms with Gasteiger partial charge in [0.05, 0.1) is 11.3 Å². The molecule has 3 rings (SSSR count). The Bertz CT molecular complexity index is 697. The number of pyridine rings is 1. The molecule has 1 aliphatic rings. The molecule has 1 aliphatic heterocycles. The number of hydrogen-bond acceptors (Lipinski definition) is 4. The van der Waals surface area contributed by atoms with Crippen molar-refractivity contribution in [2.75, 3.05) is 18.1 Å². The van der Waals surface area contributed by atoms with Crippen molar-refractivity contribution >= 4 is 17.7 Å². The Balaban J connectivity index is 1.79. The van der Waals surface area contributed by atoms with Crippen LogP contribution in [0, 0.1) is 6.92 Å². The van der Waals surface area contributed by atoms with Crippen molar-refractivity contribution in [2.24, 2.45) is 0 Å². The fourth-order valence-corrected chi connectivity index (χ4v) is 4.05. The zero-order chi connectivity index (χ0) is 16.3. The first-order valence-corrected chi connectivity index (χ1v) is 8.84. The van der Waals surface area contributed by atoms with Crippen molar-refractivity contribution in [3.63, 3.8) is 0 Å². The van der Waals surface area contributed by atoms with Gasteiger partial charge in [-0.25, -0.2) is 0 Å². The number of aromatic nitrogens is 1. The molecule has 120 valence electrons. The minimum absolute atomic E-state index is 0.148. The Kier molecular flexibility index (Phi) is 4.68. The lowest BCUT2D eigenvalue weighted by atomic mass is 9.98. The number of aliphatic hydroxyl groups is 1. The summed E-state index contributed by atoms with van der Waals surface area (Å²) in [6.45, 7) is 2.23. The third kappa shape index (κ3) is 3.57. The highest BCUT2D eigenvalue weighted by Gasteiger charge is 2.32. The standard InChI is InChI=1S/C18H20N2O2S/c1-13-14(16-7-2-3-9-19-16)5-4-6-15(13)17(21)20-11-18(22)8-10-23-12-18/h2-7,9,22H,8,10-12H2,1H3,(H,20,21). The summed E-state index contributed by atoms with van der Waals surface area (Å²) in [6.07, 6.45) is 2.47. The number of thioether (sulfide) groups is 1. The van der Waals surface area contributed by atoms with E-state index in [0.717, 1.165) is 29.0 Å². The maximum Gasteiger partial charge on any atom is 0.251 e. The number of hydrogen-bond donors (Lipinski definition) is 2. The zero-order valence-electron chi connectivity index (χ0n) is 13.1. The SMILES string of the molecule is Cc1c(C(=O)NCC2(O)CCSC2)cccc1-c1ccccn1. The van der Waals surface area contributed by atoms with E-state index in [4.69, 9.17) is 0 Å². The van der Waals surface area contributed by atoms with E-state index in [9.17, 15) is 9.90 Å². The van der Waals surface area contributed by atoms with E-state index in [0.29, 0.717) is 17.9 Å². The van der Waals surface area contributed by atoms with Crippen molar-refractivity contribution < 1.29 is 9.90 Å². The van der Waals surface area contributed by atoms with Gasteiger partial charge in [0.1, 0.15) is 0 Å². The normalized spacial score (nSPS) is 20.4. The lowest BCUT2D eigenvalue weighted by molar-refractivity contribution is 0.0612. The second kappa shape index (κ2) is 6.72. The fourth-order valence-electron chi connectivity index (χ4n) is 2.76. The number of nitrogens with one attached hydrogen (secondary N) is 1. The van der Waals surface area contributed by atoms with Crippen LogP contribution in [-0.4, -0.2) is 39.6 Å². The number of amides is 1. The second-order valence-corrected chi connectivity index (χ2v) is 7.01. The Morgan fingerprint density at radius 2 is 2.22 bits per heavy atom. The Hall–Kier alpha value is -1.85. The molecule has 1 unspecified atom stereocenters. The van der Waals surface area contributed by atoms with E-state index < -0.39 is 5.60 Å². The highest BCUT2D eigenvalue weighted by molar-refractivity contribution is 7.99. The summed E-state index contributed by atoms with van der Waals surface area (Å²) in [7, 11) is 0. The molecule has 2 heterocycles. The molecule has 1 fully saturated rings. The molecule has 1 saturated heterocycles. The second-order valence-electron chi connectivity index (χ2n) is 5.90. The van der Waals surface area contributed by atoms with Gasteiger partial charge in [-0.15, -0.1) is 0 Å². The molecule has 0 aliphatic carbocycles. The number of nitrogens with zero attached hydrogens (tertiary/aromatic N) is 1. The van der Waals surface area contributed by atoms with Crippen LogP contribution in [0.3, 0.4) is 0 Å². The monoisotopic (exact) mass is 328 g/mol. The van der Waals surface area contributed by atoms with Gasteiger partial charge in [-0.05, 0) is 42.9 Å². The van der Waals surface area contributed by atoms with Gasteiger partial charge in [-0.3, -0.25) is 9.78 Å². The van der Waals surface area contributed by atoms with Crippen LogP contribution in [0.25, 0.3) is 11.3 Å². The van der Waals surface area contributed by atoms with Gasteiger partial charge in [-0.1, -0.05) is 18.2 Å². The van der Waals surface area contributed by atoms with Gasteiger partial charge in [0.25, 0.3) is 5.91 Å². The number of benzene rings is 1. The molecule has 1 amide bonds. The van der Waals surface area contributed by atoms with Crippen molar-refractivity contribution in [2.45, 2.75) is 18.9 Å². The third-order valence-corrected chi connectivity index (χ3v) is 5.41. The highest BCUT2D eigenvalue weighted by atomic mass is 32.2. The lowest BCUT2D eigenvalue weighted by Gasteiger charge is -2.22. The maximum atomic E-state index is 12.5. The molecular weight excluding hydrogens is 308 g/mol. The molecule has 0 bridgehead atoms. The predicted octanol–water partition coefficient (Wildman–Crippen LogP) is 2.65. The largest absolute Gasteiger partial charge is 0.387 e. The molecule has 5 heteroatoms. The summed E-state index contributed by atoms with van der Waals surface area (Å²) in [5.74, 6) is 1.48. The molecule has 2 N–H and O–H groups in total. The van der Waals surface area contributed by atoms with Crippen LogP contribution in [0.4, 0.5) is 0 Å². The van der Waals surface area contributed by atoms with Gasteiger partial charge >= 0.3 is 0 Å². The molecule has 4 nitrogen and oxygen atoms in total. The molecule has 1 aromatic heterocycles. The summed E-state index contributed by atoms with van der Waals surface area (Å²) in [6, 6.07) is 11.4. The molecule has 1 aromatic carbocycles. The van der Waals surface area contributed by atoms with Crippen LogP contribution >= 0.6 is 11.8 Å². The molecule has 1 atom stereocenters. The minimum atomic E-state index is -0.771. The molecule has 0 spiro atoms. The topological polar surface area (TPSA) is 62.2 Å². The first-order chi connectivity index (χ1) is 11.1. The average Bonchev–Trinajstić information content (AvgIpc) is 3.01. The van der Waals surface area contributed by atoms with Gasteiger partial charge in [-0.2, -0.15) is 11.8 Å². The summed E-state index contributed by atoms with van der Waals surface area (Å²) < 4.78 is 0. The van der Waals surface area contributed by atoms with Crippen LogP contribution in [0.5, 0.6) is 0 Å². The van der Waals surface area contributed by atoms with Crippen molar-refractivity contribution in [3.05, 3.63) is 53.7 Å². The summed E-state index contributed by atoms with van der Waals surface area (Å²) in [5, 5.41) is 13.2. The highest BCUT2D eigenvalue weighted by Crippen LogP contribution is 2.27. The Labute approximate surface area is 140 Å². The molecule has 0 saturated carbocycles. The van der Waals surface area contributed by atoms with Gasteiger partial charge in [0.15, 0.2) is 0 Å². The fraction of sp³-hybridized carbons (Fsp3) is 0.333. The van der Waals surface area contributed by atoms with Crippen molar-refractivity contribution in [1.29, 1.82) is 0 Å². The van der Waals surface area contributed by atoms with Gasteiger partial charge in [0.2, 0.25) is 0 Å². The summed E-state index contributed by atoms with van der Waals surface area (Å²) in [4.78, 5) is 16.9. The van der Waals surface area contributed by atoms with E-state index in [1.807, 2.05) is 43.3 Å². The zero-order valence-corrected chi connectivity index (χ0v) is 13.9. The van der Waals surface area contributed by atoms with Crippen LogP contribution in [-0.2, 0) is 0 Å². The minimum Gasteiger partial charge on any atom is -0.387 e. The quantitative estimate of drug-likeness (QED) is 0.906. The smallest absolute Gasteiger partial charge is 0.251 e. The average molecular weight is 328 g/mol. The number of carbonyl (C=O) groups is 1. The predicted molar refractivity (Wildman–Crippen MR) is 93.6 cm³/mol. The van der Waals surface area contributed by atoms with E-state index in [2.05, 4.69) is 10.3 Å². The maximum absolute atomic E-state index is 12.5. The van der Waals surface area contributed by atoms with E-state index in [1.54, 1.807) is 18.0 Å². The van der Waals surface area contributed by atoms with E-state index in [1.165, 1.54) is 0 Å². The van der Waals surface area contributed by atoms with Gasteiger partial charge < -0.3 is 10.4 Å². The first kappa shape index (κ1) is 16.0. The lowest BCUT2D eigenvalue weighted by Crippen LogP contribution is -2.43. The van der Waals surface area contributed by atoms with Crippen LogP contribution < -0.4 is 5.32 Å². The van der Waals surface area contributed by atoms with Crippen LogP contribution in [0.2, 0.25) is 0 Å². The molecular formula is C18H20N2O2S. The molecule has 2 aromatic rings. The Morgan fingerprint density at radius 3 is 2.91 bits per heavy atom. The molecule has 23 heavy (non-hydrogen) atoms. The number of rotatable bonds is 4. The van der Waals surface area contributed by atoms with Crippen LogP contribution in [0.1, 0.15) is 22.3 Å².